The number of anilines is 2. The van der Waals surface area contributed by atoms with E-state index in [9.17, 15) is 4.79 Å². The van der Waals surface area contributed by atoms with Gasteiger partial charge in [-0.2, -0.15) is 0 Å². The fourth-order valence-corrected chi connectivity index (χ4v) is 3.59. The Hall–Kier alpha value is -3.21. The van der Waals surface area contributed by atoms with Crippen LogP contribution in [0.4, 0.5) is 11.5 Å². The first-order valence-electron chi connectivity index (χ1n) is 9.70. The zero-order valence-corrected chi connectivity index (χ0v) is 16.0. The number of nitrogens with one attached hydrogen (secondary N) is 1. The number of aromatic nitrogens is 2. The summed E-state index contributed by atoms with van der Waals surface area (Å²) < 4.78 is 0. The first-order valence-corrected chi connectivity index (χ1v) is 9.70. The highest BCUT2D eigenvalue weighted by Crippen LogP contribution is 2.25. The molecule has 1 aliphatic heterocycles. The Morgan fingerprint density at radius 1 is 1.04 bits per heavy atom. The molecule has 0 unspecified atom stereocenters. The van der Waals surface area contributed by atoms with E-state index in [0.717, 1.165) is 48.8 Å². The van der Waals surface area contributed by atoms with Crippen molar-refractivity contribution < 1.29 is 4.79 Å². The average molecular weight is 372 g/mol. The van der Waals surface area contributed by atoms with Gasteiger partial charge in [-0.3, -0.25) is 4.79 Å². The highest BCUT2D eigenvalue weighted by molar-refractivity contribution is 5.92. The molecule has 28 heavy (non-hydrogen) atoms. The van der Waals surface area contributed by atoms with E-state index in [1.165, 1.54) is 5.56 Å². The summed E-state index contributed by atoms with van der Waals surface area (Å²) in [5, 5.41) is 3.02. The average Bonchev–Trinajstić information content (AvgIpc) is 2.75. The Bertz CT molecular complexity index is 950. The number of benzene rings is 2. The zero-order chi connectivity index (χ0) is 19.3. The molecule has 1 aromatic heterocycles. The van der Waals surface area contributed by atoms with Crippen LogP contribution in [0, 0.1) is 12.8 Å². The molecule has 1 amide bonds. The number of hydrogen-bond donors (Lipinski definition) is 1. The van der Waals surface area contributed by atoms with Gasteiger partial charge >= 0.3 is 0 Å². The number of piperidine rings is 1. The quantitative estimate of drug-likeness (QED) is 0.741. The van der Waals surface area contributed by atoms with E-state index in [4.69, 9.17) is 4.98 Å². The Morgan fingerprint density at radius 3 is 2.57 bits per heavy atom. The molecule has 4 rings (SSSR count). The van der Waals surface area contributed by atoms with Gasteiger partial charge in [0.15, 0.2) is 5.82 Å². The highest BCUT2D eigenvalue weighted by Gasteiger charge is 2.26. The van der Waals surface area contributed by atoms with Crippen LogP contribution in [0.1, 0.15) is 18.4 Å². The van der Waals surface area contributed by atoms with Crippen LogP contribution >= 0.6 is 0 Å². The fraction of sp³-hybridized carbons (Fsp3) is 0.261. The molecule has 2 heterocycles. The first kappa shape index (κ1) is 18.2. The first-order chi connectivity index (χ1) is 13.7. The van der Waals surface area contributed by atoms with Gasteiger partial charge in [0.2, 0.25) is 5.91 Å². The van der Waals surface area contributed by atoms with Crippen LogP contribution in [0.2, 0.25) is 0 Å². The standard InChI is InChI=1S/C23H24N4O/c1-17-6-5-7-19(16-17)22-24-13-10-21(26-22)27-14-11-18(12-15-27)23(28)25-20-8-3-2-4-9-20/h2-10,13,16,18H,11-12,14-15H2,1H3,(H,25,28). The van der Waals surface area contributed by atoms with Crippen LogP contribution in [0.15, 0.2) is 66.9 Å². The minimum Gasteiger partial charge on any atom is -0.356 e. The monoisotopic (exact) mass is 372 g/mol. The third-order valence-corrected chi connectivity index (χ3v) is 5.15. The largest absolute Gasteiger partial charge is 0.356 e. The number of rotatable bonds is 4. The third-order valence-electron chi connectivity index (χ3n) is 5.15. The topological polar surface area (TPSA) is 58.1 Å². The molecule has 0 aliphatic carbocycles. The van der Waals surface area contributed by atoms with Gasteiger partial charge in [0.05, 0.1) is 0 Å². The summed E-state index contributed by atoms with van der Waals surface area (Å²) in [6.45, 7) is 3.70. The van der Waals surface area contributed by atoms with E-state index in [1.54, 1.807) is 0 Å². The maximum atomic E-state index is 12.5. The van der Waals surface area contributed by atoms with Crippen LogP contribution in [-0.4, -0.2) is 29.0 Å². The van der Waals surface area contributed by atoms with E-state index in [1.807, 2.05) is 54.7 Å². The van der Waals surface area contributed by atoms with E-state index in [2.05, 4.69) is 34.3 Å². The molecular formula is C23H24N4O. The van der Waals surface area contributed by atoms with Crippen LogP contribution in [-0.2, 0) is 4.79 Å². The van der Waals surface area contributed by atoms with E-state index in [0.29, 0.717) is 0 Å². The number of hydrogen-bond acceptors (Lipinski definition) is 4. The molecule has 2 aromatic carbocycles. The number of para-hydroxylation sites is 1. The number of carbonyl (C=O) groups is 1. The highest BCUT2D eigenvalue weighted by atomic mass is 16.1. The second-order valence-corrected chi connectivity index (χ2v) is 7.22. The summed E-state index contributed by atoms with van der Waals surface area (Å²) in [6.07, 6.45) is 3.46. The summed E-state index contributed by atoms with van der Waals surface area (Å²) in [4.78, 5) is 24.0. The maximum absolute atomic E-state index is 12.5. The minimum absolute atomic E-state index is 0.0366. The van der Waals surface area contributed by atoms with Crippen LogP contribution in [0.3, 0.4) is 0 Å². The lowest BCUT2D eigenvalue weighted by Gasteiger charge is -2.32. The lowest BCUT2D eigenvalue weighted by atomic mass is 9.96. The molecule has 5 nitrogen and oxygen atoms in total. The lowest BCUT2D eigenvalue weighted by Crippen LogP contribution is -2.38. The molecule has 1 N–H and O–H groups in total. The van der Waals surface area contributed by atoms with Gasteiger partial charge in [-0.25, -0.2) is 9.97 Å². The van der Waals surface area contributed by atoms with Crippen LogP contribution in [0.25, 0.3) is 11.4 Å². The van der Waals surface area contributed by atoms with Gasteiger partial charge in [-0.15, -0.1) is 0 Å². The Kier molecular flexibility index (Phi) is 5.33. The molecule has 0 saturated carbocycles. The summed E-state index contributed by atoms with van der Waals surface area (Å²) in [5.41, 5.74) is 3.07. The summed E-state index contributed by atoms with van der Waals surface area (Å²) in [6, 6.07) is 19.8. The van der Waals surface area contributed by atoms with Gasteiger partial charge in [-0.1, -0.05) is 42.0 Å². The van der Waals surface area contributed by atoms with E-state index >= 15 is 0 Å². The molecular weight excluding hydrogens is 348 g/mol. The predicted octanol–water partition coefficient (Wildman–Crippen LogP) is 4.31. The maximum Gasteiger partial charge on any atom is 0.227 e. The number of amides is 1. The van der Waals surface area contributed by atoms with Crippen molar-refractivity contribution in [3.05, 3.63) is 72.4 Å². The van der Waals surface area contributed by atoms with Crippen molar-refractivity contribution in [1.82, 2.24) is 9.97 Å². The van der Waals surface area contributed by atoms with E-state index < -0.39 is 0 Å². The van der Waals surface area contributed by atoms with Crippen molar-refractivity contribution in [1.29, 1.82) is 0 Å². The van der Waals surface area contributed by atoms with Crippen LogP contribution in [0.5, 0.6) is 0 Å². The molecule has 0 spiro atoms. The van der Waals surface area contributed by atoms with Gasteiger partial charge in [0, 0.05) is 36.5 Å². The van der Waals surface area contributed by atoms with Crippen molar-refractivity contribution in [2.75, 3.05) is 23.3 Å². The number of carbonyl (C=O) groups excluding carboxylic acids is 1. The van der Waals surface area contributed by atoms with Crippen molar-refractivity contribution >= 4 is 17.4 Å². The number of nitrogens with zero attached hydrogens (tertiary/aromatic N) is 3. The van der Waals surface area contributed by atoms with Gasteiger partial charge < -0.3 is 10.2 Å². The van der Waals surface area contributed by atoms with Gasteiger partial charge in [0.25, 0.3) is 0 Å². The van der Waals surface area contributed by atoms with Crippen molar-refractivity contribution in [2.24, 2.45) is 5.92 Å². The molecule has 3 aromatic rings. The summed E-state index contributed by atoms with van der Waals surface area (Å²) >= 11 is 0. The molecule has 5 heteroatoms. The van der Waals surface area contributed by atoms with Crippen molar-refractivity contribution in [3.63, 3.8) is 0 Å². The van der Waals surface area contributed by atoms with Crippen molar-refractivity contribution in [2.45, 2.75) is 19.8 Å². The van der Waals surface area contributed by atoms with Gasteiger partial charge in [0.1, 0.15) is 5.82 Å². The third kappa shape index (κ3) is 4.19. The normalized spacial score (nSPS) is 14.7. The molecule has 0 atom stereocenters. The van der Waals surface area contributed by atoms with E-state index in [-0.39, 0.29) is 11.8 Å². The molecule has 0 bridgehead atoms. The second kappa shape index (κ2) is 8.21. The molecule has 0 radical (unpaired) electrons. The number of aryl methyl sites for hydroxylation is 1. The Labute approximate surface area is 165 Å². The predicted molar refractivity (Wildman–Crippen MR) is 112 cm³/mol. The molecule has 1 aliphatic rings. The molecule has 1 fully saturated rings. The smallest absolute Gasteiger partial charge is 0.227 e. The second-order valence-electron chi connectivity index (χ2n) is 7.22. The Morgan fingerprint density at radius 2 is 1.82 bits per heavy atom. The lowest BCUT2D eigenvalue weighted by molar-refractivity contribution is -0.120. The van der Waals surface area contributed by atoms with Crippen molar-refractivity contribution in [3.8, 4) is 11.4 Å². The minimum atomic E-state index is 0.0366. The molecule has 1 saturated heterocycles. The Balaban J connectivity index is 1.40. The summed E-state index contributed by atoms with van der Waals surface area (Å²) in [5.74, 6) is 1.81. The summed E-state index contributed by atoms with van der Waals surface area (Å²) in [7, 11) is 0. The van der Waals surface area contributed by atoms with Gasteiger partial charge in [-0.05, 0) is 44.0 Å². The SMILES string of the molecule is Cc1cccc(-c2nccc(N3CCC(C(=O)Nc4ccccc4)CC3)n2)c1. The zero-order valence-electron chi connectivity index (χ0n) is 16.0. The van der Waals surface area contributed by atoms with Crippen LogP contribution < -0.4 is 10.2 Å². The molecule has 142 valence electrons. The fourth-order valence-electron chi connectivity index (χ4n) is 3.59.